The largest absolute Gasteiger partial charge is 0.383 e. The van der Waals surface area contributed by atoms with Crippen LogP contribution < -0.4 is 11.5 Å². The number of fused-ring (bicyclic) bond motifs is 3. The van der Waals surface area contributed by atoms with Gasteiger partial charge >= 0.3 is 0 Å². The molecule has 0 atom stereocenters. The van der Waals surface area contributed by atoms with Gasteiger partial charge in [-0.05, 0) is 30.3 Å². The number of aromatic nitrogens is 8. The molecule has 0 amide bonds. The highest BCUT2D eigenvalue weighted by molar-refractivity contribution is 6.01. The van der Waals surface area contributed by atoms with Gasteiger partial charge in [-0.3, -0.25) is 10.2 Å². The number of hydrogen-bond donors (Lipinski definition) is 4. The summed E-state index contributed by atoms with van der Waals surface area (Å²) in [6.45, 7) is 0. The molecule has 0 fully saturated rings. The standard InChI is InChI=1S/C19H14N10/c20-17-15-16(9-1-3-13-10(5-9)7-22-26-13)28-29(18(15)25-19(21)24-17)12-2-4-14-11(6-12)8-23-27-14/h1-8H,(H,22,26)(H,23,27)(H4,20,21,24,25). The minimum Gasteiger partial charge on any atom is -0.383 e. The van der Waals surface area contributed by atoms with Crippen LogP contribution in [0.25, 0.3) is 49.8 Å². The van der Waals surface area contributed by atoms with E-state index in [1.54, 1.807) is 17.1 Å². The van der Waals surface area contributed by atoms with Crippen molar-refractivity contribution in [2.24, 2.45) is 0 Å². The molecule has 6 N–H and O–H groups in total. The fourth-order valence-corrected chi connectivity index (χ4v) is 3.60. The topological polar surface area (TPSA) is 153 Å². The first-order valence-corrected chi connectivity index (χ1v) is 8.86. The molecule has 0 saturated carbocycles. The Balaban J connectivity index is 1.67. The number of hydrogen-bond acceptors (Lipinski definition) is 7. The van der Waals surface area contributed by atoms with Gasteiger partial charge in [-0.25, -0.2) is 4.68 Å². The van der Waals surface area contributed by atoms with Gasteiger partial charge in [0.05, 0.1) is 34.5 Å². The molecule has 6 rings (SSSR count). The Labute approximate surface area is 162 Å². The van der Waals surface area contributed by atoms with Crippen molar-refractivity contribution in [2.45, 2.75) is 0 Å². The van der Waals surface area contributed by atoms with Crippen LogP contribution in [0.2, 0.25) is 0 Å². The van der Waals surface area contributed by atoms with Gasteiger partial charge in [0.25, 0.3) is 0 Å². The molecular formula is C19H14N10. The minimum atomic E-state index is 0.0948. The van der Waals surface area contributed by atoms with E-state index in [0.717, 1.165) is 33.1 Å². The second kappa shape index (κ2) is 5.52. The number of rotatable bonds is 2. The van der Waals surface area contributed by atoms with Crippen molar-refractivity contribution in [3.8, 4) is 16.9 Å². The molecule has 4 aromatic heterocycles. The van der Waals surface area contributed by atoms with Crippen molar-refractivity contribution in [3.05, 3.63) is 48.8 Å². The highest BCUT2D eigenvalue weighted by Gasteiger charge is 2.20. The van der Waals surface area contributed by atoms with Crippen molar-refractivity contribution >= 4 is 44.6 Å². The molecule has 6 aromatic rings. The summed E-state index contributed by atoms with van der Waals surface area (Å²) in [6.07, 6.45) is 3.53. The molecule has 0 radical (unpaired) electrons. The number of benzene rings is 2. The van der Waals surface area contributed by atoms with Gasteiger partial charge in [0, 0.05) is 16.3 Å². The summed E-state index contributed by atoms with van der Waals surface area (Å²) >= 11 is 0. The molecule has 0 aliphatic carbocycles. The number of nitrogens with one attached hydrogen (secondary N) is 2. The highest BCUT2D eigenvalue weighted by atomic mass is 15.3. The highest BCUT2D eigenvalue weighted by Crippen LogP contribution is 2.34. The first-order valence-electron chi connectivity index (χ1n) is 8.86. The Hall–Kier alpha value is -4.47. The summed E-state index contributed by atoms with van der Waals surface area (Å²) in [6, 6.07) is 11.8. The number of H-pyrrole nitrogens is 2. The summed E-state index contributed by atoms with van der Waals surface area (Å²) < 4.78 is 1.73. The van der Waals surface area contributed by atoms with E-state index in [0.29, 0.717) is 16.7 Å². The molecule has 0 saturated heterocycles. The molecule has 4 heterocycles. The zero-order valence-corrected chi connectivity index (χ0v) is 15.0. The summed E-state index contributed by atoms with van der Waals surface area (Å²) in [5.74, 6) is 0.378. The lowest BCUT2D eigenvalue weighted by Crippen LogP contribution is -2.03. The fraction of sp³-hybridized carbons (Fsp3) is 0. The van der Waals surface area contributed by atoms with Crippen LogP contribution in [-0.2, 0) is 0 Å². The zero-order chi connectivity index (χ0) is 19.5. The van der Waals surface area contributed by atoms with E-state index in [2.05, 4.69) is 30.4 Å². The monoisotopic (exact) mass is 382 g/mol. The number of nitrogen functional groups attached to an aromatic ring is 2. The van der Waals surface area contributed by atoms with Crippen molar-refractivity contribution in [1.82, 2.24) is 40.1 Å². The lowest BCUT2D eigenvalue weighted by Gasteiger charge is -2.04. The summed E-state index contributed by atoms with van der Waals surface area (Å²) in [5.41, 5.74) is 16.9. The van der Waals surface area contributed by atoms with Crippen LogP contribution in [0, 0.1) is 0 Å². The fourth-order valence-electron chi connectivity index (χ4n) is 3.60. The normalized spacial score (nSPS) is 11.7. The number of nitrogens with two attached hydrogens (primary N) is 2. The van der Waals surface area contributed by atoms with E-state index >= 15 is 0 Å². The number of anilines is 2. The number of aromatic amines is 2. The van der Waals surface area contributed by atoms with Crippen LogP contribution in [0.1, 0.15) is 0 Å². The maximum atomic E-state index is 6.24. The van der Waals surface area contributed by atoms with Crippen LogP contribution >= 0.6 is 0 Å². The predicted molar refractivity (Wildman–Crippen MR) is 110 cm³/mol. The van der Waals surface area contributed by atoms with E-state index in [4.69, 9.17) is 16.6 Å². The lowest BCUT2D eigenvalue weighted by atomic mass is 10.1. The third-order valence-corrected chi connectivity index (χ3v) is 4.95. The molecule has 0 spiro atoms. The van der Waals surface area contributed by atoms with Gasteiger partial charge in [-0.1, -0.05) is 6.07 Å². The van der Waals surface area contributed by atoms with Crippen LogP contribution in [0.5, 0.6) is 0 Å². The van der Waals surface area contributed by atoms with E-state index in [9.17, 15) is 0 Å². The van der Waals surface area contributed by atoms with E-state index in [1.807, 2.05) is 36.4 Å². The van der Waals surface area contributed by atoms with Crippen molar-refractivity contribution in [1.29, 1.82) is 0 Å². The second-order valence-electron chi connectivity index (χ2n) is 6.74. The maximum absolute atomic E-state index is 6.24. The third-order valence-electron chi connectivity index (χ3n) is 4.95. The molecule has 0 aliphatic heterocycles. The molecule has 29 heavy (non-hydrogen) atoms. The average Bonchev–Trinajstić information content (AvgIpc) is 3.44. The SMILES string of the molecule is Nc1nc(N)c2c(-c3ccc4[nH]ncc4c3)nn(-c3ccc4[nH]ncc4c3)c2n1. The van der Waals surface area contributed by atoms with Crippen LogP contribution in [-0.4, -0.2) is 40.1 Å². The summed E-state index contributed by atoms with van der Waals surface area (Å²) in [4.78, 5) is 8.57. The molecule has 0 aliphatic rings. The van der Waals surface area contributed by atoms with Crippen molar-refractivity contribution in [2.75, 3.05) is 11.5 Å². The Morgan fingerprint density at radius 2 is 1.55 bits per heavy atom. The van der Waals surface area contributed by atoms with Crippen molar-refractivity contribution < 1.29 is 0 Å². The quantitative estimate of drug-likeness (QED) is 0.358. The van der Waals surface area contributed by atoms with Gasteiger partial charge in [0.1, 0.15) is 11.5 Å². The van der Waals surface area contributed by atoms with Crippen molar-refractivity contribution in [3.63, 3.8) is 0 Å². The lowest BCUT2D eigenvalue weighted by molar-refractivity contribution is 0.902. The van der Waals surface area contributed by atoms with Gasteiger partial charge in [0.2, 0.25) is 5.95 Å². The zero-order valence-electron chi connectivity index (χ0n) is 15.0. The van der Waals surface area contributed by atoms with Gasteiger partial charge in [0.15, 0.2) is 5.65 Å². The van der Waals surface area contributed by atoms with Gasteiger partial charge < -0.3 is 11.5 Å². The molecule has 0 unspecified atom stereocenters. The van der Waals surface area contributed by atoms with Crippen LogP contribution in [0.15, 0.2) is 48.8 Å². The van der Waals surface area contributed by atoms with Gasteiger partial charge in [-0.15, -0.1) is 0 Å². The molecule has 140 valence electrons. The average molecular weight is 382 g/mol. The first kappa shape index (κ1) is 15.6. The Morgan fingerprint density at radius 3 is 2.34 bits per heavy atom. The Kier molecular flexibility index (Phi) is 2.96. The second-order valence-corrected chi connectivity index (χ2v) is 6.74. The predicted octanol–water partition coefficient (Wildman–Crippen LogP) is 2.40. The molecule has 10 heteroatoms. The molecule has 2 aromatic carbocycles. The molecule has 0 bridgehead atoms. The van der Waals surface area contributed by atoms with E-state index in [1.165, 1.54) is 0 Å². The minimum absolute atomic E-state index is 0.0948. The Morgan fingerprint density at radius 1 is 0.828 bits per heavy atom. The van der Waals surface area contributed by atoms with E-state index in [-0.39, 0.29) is 11.8 Å². The van der Waals surface area contributed by atoms with Crippen LogP contribution in [0.4, 0.5) is 11.8 Å². The summed E-state index contributed by atoms with van der Waals surface area (Å²) in [7, 11) is 0. The maximum Gasteiger partial charge on any atom is 0.224 e. The third kappa shape index (κ3) is 2.26. The molecule has 10 nitrogen and oxygen atoms in total. The van der Waals surface area contributed by atoms with E-state index < -0.39 is 0 Å². The van der Waals surface area contributed by atoms with Crippen LogP contribution in [0.3, 0.4) is 0 Å². The Bertz CT molecular complexity index is 1540. The van der Waals surface area contributed by atoms with Gasteiger partial charge in [-0.2, -0.15) is 25.3 Å². The summed E-state index contributed by atoms with van der Waals surface area (Å²) in [5, 5.41) is 21.5. The first-order chi connectivity index (χ1) is 14.2. The number of nitrogens with zero attached hydrogens (tertiary/aromatic N) is 6. The smallest absolute Gasteiger partial charge is 0.224 e. The molecular weight excluding hydrogens is 368 g/mol.